The van der Waals surface area contributed by atoms with E-state index in [0.717, 1.165) is 11.3 Å². The molecular formula is C18H20N2O3. The Kier molecular flexibility index (Phi) is 4.39. The number of aromatic nitrogens is 2. The first-order valence-electron chi connectivity index (χ1n) is 7.82. The molecule has 23 heavy (non-hydrogen) atoms. The van der Waals surface area contributed by atoms with E-state index >= 15 is 0 Å². The van der Waals surface area contributed by atoms with Crippen LogP contribution in [0.3, 0.4) is 0 Å². The number of carboxylic acid groups (broad SMARTS) is 1. The van der Waals surface area contributed by atoms with E-state index in [2.05, 4.69) is 9.97 Å². The van der Waals surface area contributed by atoms with Crippen molar-refractivity contribution in [1.82, 2.24) is 9.97 Å². The van der Waals surface area contributed by atoms with E-state index in [0.29, 0.717) is 25.7 Å². The van der Waals surface area contributed by atoms with Crippen LogP contribution in [0.2, 0.25) is 0 Å². The number of benzene rings is 1. The van der Waals surface area contributed by atoms with Gasteiger partial charge in [0.25, 0.3) is 0 Å². The molecule has 1 aromatic carbocycles. The van der Waals surface area contributed by atoms with E-state index in [1.54, 1.807) is 18.6 Å². The van der Waals surface area contributed by atoms with E-state index in [1.165, 1.54) is 0 Å². The second-order valence-corrected chi connectivity index (χ2v) is 6.30. The Morgan fingerprint density at radius 2 is 2.04 bits per heavy atom. The summed E-state index contributed by atoms with van der Waals surface area (Å²) in [6, 6.07) is 9.60. The maximum absolute atomic E-state index is 11.6. The standard InChI is InChI=1S/C18H20N2O3/c21-17(22)15-6-7-18(23,10-14-12-19-8-9-20-14)11-16(15)13-4-2-1-3-5-13/h1-5,8-9,12,15-16,23H,6-7,10-11H2,(H,21,22)/t15-,16+,18+/m1/s1. The molecular weight excluding hydrogens is 292 g/mol. The molecule has 3 rings (SSSR count). The summed E-state index contributed by atoms with van der Waals surface area (Å²) in [6.45, 7) is 0. The predicted octanol–water partition coefficient (Wildman–Crippen LogP) is 2.42. The van der Waals surface area contributed by atoms with Crippen LogP contribution in [0.4, 0.5) is 0 Å². The molecule has 1 saturated carbocycles. The quantitative estimate of drug-likeness (QED) is 0.906. The summed E-state index contributed by atoms with van der Waals surface area (Å²) in [5.74, 6) is -1.44. The highest BCUT2D eigenvalue weighted by atomic mass is 16.4. The summed E-state index contributed by atoms with van der Waals surface area (Å²) in [5.41, 5.74) is 0.760. The summed E-state index contributed by atoms with van der Waals surface area (Å²) in [7, 11) is 0. The van der Waals surface area contributed by atoms with Gasteiger partial charge in [-0.05, 0) is 30.7 Å². The Labute approximate surface area is 135 Å². The minimum Gasteiger partial charge on any atom is -0.481 e. The Balaban J connectivity index is 1.84. The van der Waals surface area contributed by atoms with Crippen LogP contribution >= 0.6 is 0 Å². The number of aliphatic carboxylic acids is 1. The van der Waals surface area contributed by atoms with Gasteiger partial charge in [0.15, 0.2) is 0 Å². The fourth-order valence-electron chi connectivity index (χ4n) is 3.54. The minimum absolute atomic E-state index is 0.191. The zero-order valence-corrected chi connectivity index (χ0v) is 12.8. The molecule has 0 amide bonds. The number of hydrogen-bond acceptors (Lipinski definition) is 4. The molecule has 0 radical (unpaired) electrons. The van der Waals surface area contributed by atoms with Crippen molar-refractivity contribution in [2.24, 2.45) is 5.92 Å². The van der Waals surface area contributed by atoms with Gasteiger partial charge in [0.05, 0.1) is 17.2 Å². The van der Waals surface area contributed by atoms with Crippen molar-refractivity contribution in [3.63, 3.8) is 0 Å². The van der Waals surface area contributed by atoms with E-state index in [9.17, 15) is 15.0 Å². The van der Waals surface area contributed by atoms with Crippen molar-refractivity contribution in [1.29, 1.82) is 0 Å². The lowest BCUT2D eigenvalue weighted by Gasteiger charge is -2.40. The lowest BCUT2D eigenvalue weighted by molar-refractivity contribution is -0.146. The fourth-order valence-corrected chi connectivity index (χ4v) is 3.54. The van der Waals surface area contributed by atoms with Crippen molar-refractivity contribution >= 4 is 5.97 Å². The third kappa shape index (κ3) is 3.56. The third-order valence-electron chi connectivity index (χ3n) is 4.68. The fraction of sp³-hybridized carbons (Fsp3) is 0.389. The highest BCUT2D eigenvalue weighted by Crippen LogP contribution is 2.43. The molecule has 0 aliphatic heterocycles. The number of rotatable bonds is 4. The molecule has 1 aromatic heterocycles. The number of aliphatic hydroxyl groups is 1. The minimum atomic E-state index is -0.942. The zero-order chi connectivity index (χ0) is 16.3. The van der Waals surface area contributed by atoms with Crippen molar-refractivity contribution in [3.05, 3.63) is 60.2 Å². The molecule has 5 nitrogen and oxygen atoms in total. The van der Waals surface area contributed by atoms with E-state index in [1.807, 2.05) is 30.3 Å². The van der Waals surface area contributed by atoms with Gasteiger partial charge in [-0.15, -0.1) is 0 Å². The van der Waals surface area contributed by atoms with Crippen LogP contribution in [0, 0.1) is 5.92 Å². The van der Waals surface area contributed by atoms with Gasteiger partial charge in [-0.2, -0.15) is 0 Å². The summed E-state index contributed by atoms with van der Waals surface area (Å²) in [6.07, 6.45) is 6.60. The molecule has 0 bridgehead atoms. The van der Waals surface area contributed by atoms with Crippen LogP contribution in [0.1, 0.15) is 36.4 Å². The SMILES string of the molecule is O=C(O)[C@@H]1CC[C@](O)(Cc2cnccn2)C[C@H]1c1ccccc1. The van der Waals surface area contributed by atoms with Gasteiger partial charge in [0.2, 0.25) is 0 Å². The van der Waals surface area contributed by atoms with E-state index < -0.39 is 17.5 Å². The summed E-state index contributed by atoms with van der Waals surface area (Å²) < 4.78 is 0. The Bertz CT molecular complexity index is 662. The molecule has 5 heteroatoms. The molecule has 0 saturated heterocycles. The Morgan fingerprint density at radius 3 is 2.70 bits per heavy atom. The Hall–Kier alpha value is -2.27. The highest BCUT2D eigenvalue weighted by molar-refractivity contribution is 5.71. The van der Waals surface area contributed by atoms with Gasteiger partial charge < -0.3 is 10.2 Å². The molecule has 1 heterocycles. The lowest BCUT2D eigenvalue weighted by Crippen LogP contribution is -2.42. The van der Waals surface area contributed by atoms with Crippen molar-refractivity contribution in [2.75, 3.05) is 0 Å². The van der Waals surface area contributed by atoms with Crippen LogP contribution in [-0.4, -0.2) is 31.8 Å². The largest absolute Gasteiger partial charge is 0.481 e. The molecule has 0 spiro atoms. The predicted molar refractivity (Wildman–Crippen MR) is 84.8 cm³/mol. The van der Waals surface area contributed by atoms with Crippen molar-refractivity contribution < 1.29 is 15.0 Å². The normalized spacial score (nSPS) is 27.5. The van der Waals surface area contributed by atoms with Gasteiger partial charge in [-0.25, -0.2) is 0 Å². The van der Waals surface area contributed by atoms with Crippen LogP contribution < -0.4 is 0 Å². The first-order valence-corrected chi connectivity index (χ1v) is 7.82. The molecule has 3 atom stereocenters. The van der Waals surface area contributed by atoms with Gasteiger partial charge in [-0.3, -0.25) is 14.8 Å². The van der Waals surface area contributed by atoms with Crippen LogP contribution in [0.5, 0.6) is 0 Å². The molecule has 1 aliphatic carbocycles. The number of hydrogen-bond donors (Lipinski definition) is 2. The van der Waals surface area contributed by atoms with Crippen LogP contribution in [-0.2, 0) is 11.2 Å². The second kappa shape index (κ2) is 6.46. The first-order chi connectivity index (χ1) is 11.1. The first kappa shape index (κ1) is 15.6. The number of nitrogens with zero attached hydrogens (tertiary/aromatic N) is 2. The van der Waals surface area contributed by atoms with E-state index in [-0.39, 0.29) is 5.92 Å². The molecule has 2 aromatic rings. The number of carboxylic acids is 1. The lowest BCUT2D eigenvalue weighted by atomic mass is 9.68. The number of carbonyl (C=O) groups is 1. The van der Waals surface area contributed by atoms with Gasteiger partial charge >= 0.3 is 5.97 Å². The average Bonchev–Trinajstić information content (AvgIpc) is 2.56. The monoisotopic (exact) mass is 312 g/mol. The van der Waals surface area contributed by atoms with Gasteiger partial charge in [-0.1, -0.05) is 30.3 Å². The summed E-state index contributed by atoms with van der Waals surface area (Å²) >= 11 is 0. The van der Waals surface area contributed by atoms with Crippen LogP contribution in [0.25, 0.3) is 0 Å². The smallest absolute Gasteiger partial charge is 0.307 e. The van der Waals surface area contributed by atoms with Gasteiger partial charge in [0.1, 0.15) is 0 Å². The maximum atomic E-state index is 11.6. The maximum Gasteiger partial charge on any atom is 0.307 e. The van der Waals surface area contributed by atoms with Crippen LogP contribution in [0.15, 0.2) is 48.9 Å². The summed E-state index contributed by atoms with van der Waals surface area (Å²) in [5, 5.41) is 20.5. The van der Waals surface area contributed by atoms with Crippen molar-refractivity contribution in [2.45, 2.75) is 37.2 Å². The van der Waals surface area contributed by atoms with E-state index in [4.69, 9.17) is 0 Å². The molecule has 1 fully saturated rings. The zero-order valence-electron chi connectivity index (χ0n) is 12.8. The second-order valence-electron chi connectivity index (χ2n) is 6.30. The third-order valence-corrected chi connectivity index (χ3v) is 4.68. The molecule has 0 unspecified atom stereocenters. The van der Waals surface area contributed by atoms with Crippen molar-refractivity contribution in [3.8, 4) is 0 Å². The Morgan fingerprint density at radius 1 is 1.26 bits per heavy atom. The van der Waals surface area contributed by atoms with Gasteiger partial charge in [0, 0.05) is 25.0 Å². The average molecular weight is 312 g/mol. The molecule has 1 aliphatic rings. The highest BCUT2D eigenvalue weighted by Gasteiger charge is 2.43. The molecule has 120 valence electrons. The summed E-state index contributed by atoms with van der Waals surface area (Å²) in [4.78, 5) is 19.9. The molecule has 2 N–H and O–H groups in total. The topological polar surface area (TPSA) is 83.3 Å².